The highest BCUT2D eigenvalue weighted by atomic mass is 16.5. The number of hydrogen-bond acceptors (Lipinski definition) is 3. The summed E-state index contributed by atoms with van der Waals surface area (Å²) in [5.41, 5.74) is 3.68. The van der Waals surface area contributed by atoms with Crippen LogP contribution < -0.4 is 0 Å². The van der Waals surface area contributed by atoms with Gasteiger partial charge in [-0.2, -0.15) is 0 Å². The van der Waals surface area contributed by atoms with Crippen molar-refractivity contribution >= 4 is 11.8 Å². The Morgan fingerprint density at radius 1 is 1.04 bits per heavy atom. The Hall–Kier alpha value is -2.86. The first-order chi connectivity index (χ1) is 11.1. The zero-order valence-electron chi connectivity index (χ0n) is 13.5. The average Bonchev–Trinajstić information content (AvgIpc) is 2.59. The van der Waals surface area contributed by atoms with E-state index in [2.05, 4.69) is 16.6 Å². The van der Waals surface area contributed by atoms with Gasteiger partial charge in [0.15, 0.2) is 5.78 Å². The quantitative estimate of drug-likeness (QED) is 0.494. The topological polar surface area (TPSA) is 43.4 Å². The van der Waals surface area contributed by atoms with E-state index in [9.17, 15) is 9.59 Å². The molecule has 0 N–H and O–H groups in total. The monoisotopic (exact) mass is 306 g/mol. The van der Waals surface area contributed by atoms with Crippen LogP contribution in [0.4, 0.5) is 0 Å². The Balaban J connectivity index is 2.36. The molecular formula is C20H18O3. The number of carbonyl (C=O) groups is 2. The molecule has 0 aliphatic rings. The van der Waals surface area contributed by atoms with Crippen LogP contribution in [0.3, 0.4) is 0 Å². The highest BCUT2D eigenvalue weighted by molar-refractivity contribution is 5.98. The van der Waals surface area contributed by atoms with E-state index < -0.39 is 0 Å². The minimum atomic E-state index is -0.376. The van der Waals surface area contributed by atoms with E-state index >= 15 is 0 Å². The zero-order valence-corrected chi connectivity index (χ0v) is 13.5. The molecule has 0 fully saturated rings. The summed E-state index contributed by atoms with van der Waals surface area (Å²) in [5, 5.41) is 0. The molecular weight excluding hydrogens is 288 g/mol. The van der Waals surface area contributed by atoms with E-state index in [4.69, 9.17) is 0 Å². The number of ketones is 1. The second-order valence-corrected chi connectivity index (χ2v) is 5.07. The van der Waals surface area contributed by atoms with Crippen LogP contribution in [-0.4, -0.2) is 18.9 Å². The van der Waals surface area contributed by atoms with Gasteiger partial charge in [-0.3, -0.25) is 4.79 Å². The molecule has 0 saturated carbocycles. The van der Waals surface area contributed by atoms with Crippen molar-refractivity contribution in [2.45, 2.75) is 20.3 Å². The molecule has 2 rings (SSSR count). The van der Waals surface area contributed by atoms with E-state index in [1.165, 1.54) is 7.11 Å². The lowest BCUT2D eigenvalue weighted by Gasteiger charge is -2.06. The van der Waals surface area contributed by atoms with Gasteiger partial charge in [0.25, 0.3) is 0 Å². The Labute approximate surface area is 136 Å². The van der Waals surface area contributed by atoms with Crippen molar-refractivity contribution < 1.29 is 14.3 Å². The van der Waals surface area contributed by atoms with Gasteiger partial charge in [-0.05, 0) is 49.2 Å². The highest BCUT2D eigenvalue weighted by Gasteiger charge is 2.10. The first-order valence-electron chi connectivity index (χ1n) is 7.40. The third-order valence-corrected chi connectivity index (χ3v) is 3.53. The SMILES string of the molecule is CCc1cccc(C#Cc2ccc(C(=O)OC)cc2)c1C(C)=O. The number of carbonyl (C=O) groups excluding carboxylic acids is 2. The van der Waals surface area contributed by atoms with Crippen LogP contribution in [-0.2, 0) is 11.2 Å². The fourth-order valence-corrected chi connectivity index (χ4v) is 2.36. The van der Waals surface area contributed by atoms with Crippen molar-refractivity contribution in [2.75, 3.05) is 7.11 Å². The third-order valence-electron chi connectivity index (χ3n) is 3.53. The molecule has 2 aromatic rings. The molecule has 116 valence electrons. The van der Waals surface area contributed by atoms with Crippen LogP contribution >= 0.6 is 0 Å². The number of esters is 1. The summed E-state index contributed by atoms with van der Waals surface area (Å²) in [7, 11) is 1.35. The maximum atomic E-state index is 11.9. The van der Waals surface area contributed by atoms with Crippen molar-refractivity contribution in [2.24, 2.45) is 0 Å². The number of rotatable bonds is 3. The van der Waals surface area contributed by atoms with E-state index in [1.54, 1.807) is 31.2 Å². The van der Waals surface area contributed by atoms with Gasteiger partial charge in [0.05, 0.1) is 12.7 Å². The molecule has 0 aliphatic carbocycles. The van der Waals surface area contributed by atoms with Gasteiger partial charge in [-0.25, -0.2) is 4.79 Å². The summed E-state index contributed by atoms with van der Waals surface area (Å²) >= 11 is 0. The van der Waals surface area contributed by atoms with Crippen LogP contribution in [0.2, 0.25) is 0 Å². The molecule has 0 spiro atoms. The average molecular weight is 306 g/mol. The molecule has 0 atom stereocenters. The maximum Gasteiger partial charge on any atom is 0.337 e. The van der Waals surface area contributed by atoms with Crippen LogP contribution in [0.15, 0.2) is 42.5 Å². The van der Waals surface area contributed by atoms with Gasteiger partial charge >= 0.3 is 5.97 Å². The van der Waals surface area contributed by atoms with Crippen molar-refractivity contribution in [1.82, 2.24) is 0 Å². The number of Topliss-reactive ketones (excluding diaryl/α,β-unsaturated/α-hetero) is 1. The molecule has 0 amide bonds. The van der Waals surface area contributed by atoms with E-state index in [0.29, 0.717) is 11.1 Å². The molecule has 3 heteroatoms. The number of benzene rings is 2. The van der Waals surface area contributed by atoms with Crippen LogP contribution in [0.1, 0.15) is 51.3 Å². The normalized spacial score (nSPS) is 9.70. The summed E-state index contributed by atoms with van der Waals surface area (Å²) in [6.07, 6.45) is 0.790. The molecule has 2 aromatic carbocycles. The van der Waals surface area contributed by atoms with Crippen LogP contribution in [0.5, 0.6) is 0 Å². The van der Waals surface area contributed by atoms with Gasteiger partial charge in [0.2, 0.25) is 0 Å². The zero-order chi connectivity index (χ0) is 16.8. The van der Waals surface area contributed by atoms with E-state index in [1.807, 2.05) is 25.1 Å². The fraction of sp³-hybridized carbons (Fsp3) is 0.200. The Morgan fingerprint density at radius 2 is 1.74 bits per heavy atom. The molecule has 0 aromatic heterocycles. The maximum absolute atomic E-state index is 11.9. The lowest BCUT2D eigenvalue weighted by Crippen LogP contribution is -2.02. The molecule has 0 radical (unpaired) electrons. The van der Waals surface area contributed by atoms with Crippen molar-refractivity contribution in [3.63, 3.8) is 0 Å². The largest absolute Gasteiger partial charge is 0.465 e. The molecule has 0 heterocycles. The summed E-state index contributed by atoms with van der Waals surface area (Å²) < 4.78 is 4.66. The number of ether oxygens (including phenoxy) is 1. The standard InChI is InChI=1S/C20H18O3/c1-4-16-6-5-7-17(19(16)14(2)21)11-8-15-9-12-18(13-10-15)20(22)23-3/h5-7,9-10,12-13H,4H2,1-3H3. The Morgan fingerprint density at radius 3 is 2.30 bits per heavy atom. The molecule has 0 aliphatic heterocycles. The van der Waals surface area contributed by atoms with Crippen molar-refractivity contribution in [3.05, 3.63) is 70.3 Å². The van der Waals surface area contributed by atoms with Crippen molar-refractivity contribution in [3.8, 4) is 11.8 Å². The Bertz CT molecular complexity index is 790. The minimum Gasteiger partial charge on any atom is -0.465 e. The second-order valence-electron chi connectivity index (χ2n) is 5.07. The molecule has 0 unspecified atom stereocenters. The third kappa shape index (κ3) is 3.87. The van der Waals surface area contributed by atoms with E-state index in [-0.39, 0.29) is 11.8 Å². The van der Waals surface area contributed by atoms with Gasteiger partial charge in [-0.15, -0.1) is 0 Å². The first-order valence-corrected chi connectivity index (χ1v) is 7.40. The number of aryl methyl sites for hydroxylation is 1. The van der Waals surface area contributed by atoms with Crippen LogP contribution in [0, 0.1) is 11.8 Å². The summed E-state index contributed by atoms with van der Waals surface area (Å²) in [6.45, 7) is 3.58. The molecule has 3 nitrogen and oxygen atoms in total. The first kappa shape index (κ1) is 16.5. The predicted molar refractivity (Wildman–Crippen MR) is 89.6 cm³/mol. The van der Waals surface area contributed by atoms with E-state index in [0.717, 1.165) is 23.1 Å². The number of methoxy groups -OCH3 is 1. The smallest absolute Gasteiger partial charge is 0.337 e. The summed E-state index contributed by atoms with van der Waals surface area (Å²) in [6, 6.07) is 12.6. The molecule has 0 saturated heterocycles. The molecule has 0 bridgehead atoms. The predicted octanol–water partition coefficient (Wildman–Crippen LogP) is 3.64. The van der Waals surface area contributed by atoms with Gasteiger partial charge in [-0.1, -0.05) is 30.9 Å². The minimum absolute atomic E-state index is 0.0211. The number of hydrogen-bond donors (Lipinski definition) is 0. The fourth-order valence-electron chi connectivity index (χ4n) is 2.36. The van der Waals surface area contributed by atoms with Gasteiger partial charge < -0.3 is 4.74 Å². The summed E-state index contributed by atoms with van der Waals surface area (Å²) in [4.78, 5) is 23.3. The van der Waals surface area contributed by atoms with Gasteiger partial charge in [0.1, 0.15) is 0 Å². The van der Waals surface area contributed by atoms with Crippen molar-refractivity contribution in [1.29, 1.82) is 0 Å². The molecule has 23 heavy (non-hydrogen) atoms. The lowest BCUT2D eigenvalue weighted by molar-refractivity contribution is 0.0600. The Kier molecular flexibility index (Phi) is 5.32. The lowest BCUT2D eigenvalue weighted by atomic mass is 9.96. The van der Waals surface area contributed by atoms with Gasteiger partial charge in [0, 0.05) is 16.7 Å². The summed E-state index contributed by atoms with van der Waals surface area (Å²) in [5.74, 6) is 5.74. The van der Waals surface area contributed by atoms with Crippen LogP contribution in [0.25, 0.3) is 0 Å². The highest BCUT2D eigenvalue weighted by Crippen LogP contribution is 2.16. The second kappa shape index (κ2) is 7.42.